The van der Waals surface area contributed by atoms with Crippen molar-refractivity contribution in [2.45, 2.75) is 13.5 Å². The normalized spacial score (nSPS) is 14.6. The molecule has 0 fully saturated rings. The van der Waals surface area contributed by atoms with Crippen molar-refractivity contribution < 1.29 is 14.3 Å². The SMILES string of the molecule is CCOC(=O)C1=C(CN(C)Cc2nc3ccccc3s2)NC(=O)NC1. The summed E-state index contributed by atoms with van der Waals surface area (Å²) in [6, 6.07) is 7.69. The van der Waals surface area contributed by atoms with Crippen molar-refractivity contribution in [2.24, 2.45) is 0 Å². The maximum Gasteiger partial charge on any atom is 0.337 e. The van der Waals surface area contributed by atoms with Crippen molar-refractivity contribution in [3.8, 4) is 0 Å². The van der Waals surface area contributed by atoms with Gasteiger partial charge < -0.3 is 15.4 Å². The number of thiazole rings is 1. The van der Waals surface area contributed by atoms with Gasteiger partial charge in [0.15, 0.2) is 0 Å². The van der Waals surface area contributed by atoms with Crippen LogP contribution in [0.3, 0.4) is 0 Å². The fourth-order valence-electron chi connectivity index (χ4n) is 2.62. The number of likely N-dealkylation sites (N-methyl/N-ethyl adjacent to an activating group) is 1. The van der Waals surface area contributed by atoms with E-state index in [0.717, 1.165) is 15.2 Å². The quantitative estimate of drug-likeness (QED) is 0.768. The summed E-state index contributed by atoms with van der Waals surface area (Å²) in [6.07, 6.45) is 0. The molecule has 1 aliphatic rings. The Morgan fingerprint density at radius 1 is 1.36 bits per heavy atom. The largest absolute Gasteiger partial charge is 0.463 e. The number of carbonyl (C=O) groups is 2. The molecule has 0 atom stereocenters. The number of benzene rings is 1. The number of aromatic nitrogens is 1. The number of hydrogen-bond acceptors (Lipinski definition) is 6. The molecule has 3 rings (SSSR count). The topological polar surface area (TPSA) is 83.6 Å². The number of nitrogens with zero attached hydrogens (tertiary/aromatic N) is 2. The van der Waals surface area contributed by atoms with Gasteiger partial charge in [0.1, 0.15) is 5.01 Å². The Labute approximate surface area is 149 Å². The second-order valence-electron chi connectivity index (χ2n) is 5.73. The molecule has 0 radical (unpaired) electrons. The van der Waals surface area contributed by atoms with E-state index in [1.807, 2.05) is 36.2 Å². The third-order valence-electron chi connectivity index (χ3n) is 3.75. The molecule has 0 aliphatic carbocycles. The number of amides is 2. The Morgan fingerprint density at radius 2 is 2.16 bits per heavy atom. The van der Waals surface area contributed by atoms with Crippen LogP contribution in [0.5, 0.6) is 0 Å². The van der Waals surface area contributed by atoms with Gasteiger partial charge in [-0.1, -0.05) is 12.1 Å². The first-order valence-corrected chi connectivity index (χ1v) is 8.85. The van der Waals surface area contributed by atoms with Crippen LogP contribution in [-0.2, 0) is 16.1 Å². The number of esters is 1. The number of ether oxygens (including phenoxy) is 1. The summed E-state index contributed by atoms with van der Waals surface area (Å²) >= 11 is 1.64. The molecule has 8 heteroatoms. The maximum absolute atomic E-state index is 12.1. The lowest BCUT2D eigenvalue weighted by Gasteiger charge is -2.24. The van der Waals surface area contributed by atoms with Gasteiger partial charge in [-0.05, 0) is 26.1 Å². The zero-order valence-corrected chi connectivity index (χ0v) is 15.0. The van der Waals surface area contributed by atoms with Gasteiger partial charge in [-0.2, -0.15) is 0 Å². The molecule has 132 valence electrons. The minimum Gasteiger partial charge on any atom is -0.463 e. The van der Waals surface area contributed by atoms with Crippen LogP contribution in [0.4, 0.5) is 4.79 Å². The van der Waals surface area contributed by atoms with Crippen molar-refractivity contribution in [1.29, 1.82) is 0 Å². The summed E-state index contributed by atoms with van der Waals surface area (Å²) in [4.78, 5) is 30.3. The van der Waals surface area contributed by atoms with E-state index in [-0.39, 0.29) is 12.6 Å². The first-order valence-electron chi connectivity index (χ1n) is 8.03. The highest BCUT2D eigenvalue weighted by Crippen LogP contribution is 2.22. The van der Waals surface area contributed by atoms with Gasteiger partial charge >= 0.3 is 12.0 Å². The summed E-state index contributed by atoms with van der Waals surface area (Å²) in [6.45, 7) is 3.28. The van der Waals surface area contributed by atoms with E-state index in [2.05, 4.69) is 15.6 Å². The van der Waals surface area contributed by atoms with Gasteiger partial charge in [-0.3, -0.25) is 4.90 Å². The minimum atomic E-state index is -0.404. The summed E-state index contributed by atoms with van der Waals surface area (Å²) in [7, 11) is 1.93. The number of para-hydroxylation sites is 1. The van der Waals surface area contributed by atoms with Crippen LogP contribution in [0.1, 0.15) is 11.9 Å². The maximum atomic E-state index is 12.1. The average Bonchev–Trinajstić information content (AvgIpc) is 2.97. The number of urea groups is 1. The molecule has 2 amide bonds. The van der Waals surface area contributed by atoms with Gasteiger partial charge in [0.2, 0.25) is 0 Å². The molecule has 2 aromatic rings. The van der Waals surface area contributed by atoms with Crippen LogP contribution in [0, 0.1) is 0 Å². The Kier molecular flexibility index (Phi) is 5.30. The van der Waals surface area contributed by atoms with Crippen molar-refractivity contribution in [3.63, 3.8) is 0 Å². The van der Waals surface area contributed by atoms with Crippen LogP contribution in [0.25, 0.3) is 10.2 Å². The van der Waals surface area contributed by atoms with E-state index in [1.54, 1.807) is 18.3 Å². The lowest BCUT2D eigenvalue weighted by atomic mass is 10.1. The monoisotopic (exact) mass is 360 g/mol. The fraction of sp³-hybridized carbons (Fsp3) is 0.353. The third-order valence-corrected chi connectivity index (χ3v) is 4.77. The van der Waals surface area contributed by atoms with Crippen molar-refractivity contribution >= 4 is 33.6 Å². The summed E-state index contributed by atoms with van der Waals surface area (Å²) in [5.41, 5.74) is 2.01. The average molecular weight is 360 g/mol. The van der Waals surface area contributed by atoms with E-state index in [1.165, 1.54) is 0 Å². The van der Waals surface area contributed by atoms with E-state index >= 15 is 0 Å². The lowest BCUT2D eigenvalue weighted by Crippen LogP contribution is -2.46. The zero-order valence-electron chi connectivity index (χ0n) is 14.2. The Hall–Kier alpha value is -2.45. The van der Waals surface area contributed by atoms with Crippen LogP contribution in [-0.4, -0.2) is 48.6 Å². The summed E-state index contributed by atoms with van der Waals surface area (Å²) < 4.78 is 6.22. The van der Waals surface area contributed by atoms with E-state index in [4.69, 9.17) is 4.74 Å². The molecule has 0 saturated heterocycles. The first kappa shape index (κ1) is 17.4. The molecular weight excluding hydrogens is 340 g/mol. The highest BCUT2D eigenvalue weighted by atomic mass is 32.1. The molecule has 0 bridgehead atoms. The second-order valence-corrected chi connectivity index (χ2v) is 6.85. The number of carbonyl (C=O) groups excluding carboxylic acids is 2. The van der Waals surface area contributed by atoms with Gasteiger partial charge in [-0.25, -0.2) is 14.6 Å². The molecule has 25 heavy (non-hydrogen) atoms. The third kappa shape index (κ3) is 4.15. The molecule has 1 aromatic heterocycles. The molecule has 2 N–H and O–H groups in total. The Morgan fingerprint density at radius 3 is 2.92 bits per heavy atom. The first-order chi connectivity index (χ1) is 12.1. The van der Waals surface area contributed by atoms with Crippen molar-refractivity contribution in [1.82, 2.24) is 20.5 Å². The van der Waals surface area contributed by atoms with Gasteiger partial charge in [-0.15, -0.1) is 11.3 Å². The molecule has 2 heterocycles. The van der Waals surface area contributed by atoms with Gasteiger partial charge in [0.05, 0.1) is 35.5 Å². The minimum absolute atomic E-state index is 0.176. The summed E-state index contributed by atoms with van der Waals surface area (Å²) in [5.74, 6) is -0.404. The predicted molar refractivity (Wildman–Crippen MR) is 96.1 cm³/mol. The zero-order chi connectivity index (χ0) is 17.8. The number of rotatable bonds is 6. The number of hydrogen-bond donors (Lipinski definition) is 2. The molecule has 0 spiro atoms. The van der Waals surface area contributed by atoms with Crippen molar-refractivity contribution in [3.05, 3.63) is 40.5 Å². The lowest BCUT2D eigenvalue weighted by molar-refractivity contribution is -0.138. The van der Waals surface area contributed by atoms with Crippen LogP contribution >= 0.6 is 11.3 Å². The van der Waals surface area contributed by atoms with Crippen LogP contribution in [0.2, 0.25) is 0 Å². The standard InChI is InChI=1S/C17H20N4O3S/c1-3-24-16(22)11-8-18-17(23)20-13(11)9-21(2)10-15-19-12-6-4-5-7-14(12)25-15/h4-7H,3,8-10H2,1-2H3,(H2,18,20,23). The van der Waals surface area contributed by atoms with Gasteiger partial charge in [0, 0.05) is 12.2 Å². The molecule has 0 unspecified atom stereocenters. The van der Waals surface area contributed by atoms with E-state index in [0.29, 0.717) is 31.0 Å². The van der Waals surface area contributed by atoms with Crippen LogP contribution < -0.4 is 10.6 Å². The van der Waals surface area contributed by atoms with E-state index in [9.17, 15) is 9.59 Å². The van der Waals surface area contributed by atoms with Crippen molar-refractivity contribution in [2.75, 3.05) is 26.7 Å². The van der Waals surface area contributed by atoms with Crippen LogP contribution in [0.15, 0.2) is 35.5 Å². The Balaban J connectivity index is 1.73. The molecule has 1 aliphatic heterocycles. The second kappa shape index (κ2) is 7.62. The van der Waals surface area contributed by atoms with E-state index < -0.39 is 5.97 Å². The molecule has 1 aromatic carbocycles. The molecule has 0 saturated carbocycles. The highest BCUT2D eigenvalue weighted by molar-refractivity contribution is 7.18. The predicted octanol–water partition coefficient (Wildman–Crippen LogP) is 1.86. The smallest absolute Gasteiger partial charge is 0.337 e. The summed E-state index contributed by atoms with van der Waals surface area (Å²) in [5, 5.41) is 6.31. The Bertz CT molecular complexity index is 797. The highest BCUT2D eigenvalue weighted by Gasteiger charge is 2.24. The number of fused-ring (bicyclic) bond motifs is 1. The number of nitrogens with one attached hydrogen (secondary N) is 2. The molecule has 7 nitrogen and oxygen atoms in total. The van der Waals surface area contributed by atoms with Gasteiger partial charge in [0.25, 0.3) is 0 Å². The molecular formula is C17H20N4O3S. The fourth-order valence-corrected chi connectivity index (χ4v) is 3.67.